The van der Waals surface area contributed by atoms with Crippen LogP contribution >= 0.6 is 0 Å². The van der Waals surface area contributed by atoms with Crippen LogP contribution in [0.3, 0.4) is 0 Å². The van der Waals surface area contributed by atoms with Crippen LogP contribution in [0.4, 0.5) is 5.95 Å². The van der Waals surface area contributed by atoms with E-state index >= 15 is 0 Å². The molecule has 2 aromatic carbocycles. The Morgan fingerprint density at radius 3 is 2.72 bits per heavy atom. The molecular formula is C18H12N4O3. The summed E-state index contributed by atoms with van der Waals surface area (Å²) in [5, 5.41) is 13.5. The molecule has 7 nitrogen and oxygen atoms in total. The van der Waals surface area contributed by atoms with Gasteiger partial charge in [-0.3, -0.25) is 15.1 Å². The van der Waals surface area contributed by atoms with E-state index in [1.54, 1.807) is 18.3 Å². The molecule has 0 aliphatic rings. The van der Waals surface area contributed by atoms with Crippen LogP contribution in [0.25, 0.3) is 21.8 Å². The number of para-hydroxylation sites is 1. The summed E-state index contributed by atoms with van der Waals surface area (Å²) in [4.78, 5) is 35.1. The summed E-state index contributed by atoms with van der Waals surface area (Å²) >= 11 is 0. The van der Waals surface area contributed by atoms with Crippen LogP contribution < -0.4 is 5.32 Å². The predicted octanol–water partition coefficient (Wildman–Crippen LogP) is 3.06. The van der Waals surface area contributed by atoms with Crippen LogP contribution in [0.1, 0.15) is 20.8 Å². The second-order valence-electron chi connectivity index (χ2n) is 5.43. The third kappa shape index (κ3) is 2.57. The van der Waals surface area contributed by atoms with Crippen molar-refractivity contribution in [3.05, 3.63) is 66.0 Å². The summed E-state index contributed by atoms with van der Waals surface area (Å²) in [5.74, 6) is -1.33. The van der Waals surface area contributed by atoms with E-state index in [2.05, 4.69) is 20.3 Å². The van der Waals surface area contributed by atoms with Gasteiger partial charge in [-0.2, -0.15) is 0 Å². The SMILES string of the molecule is O=C(Nc1nc2c(C(=O)O)cccc2[nH]1)c1nccc2ccccc12. The molecule has 2 heterocycles. The zero-order valence-electron chi connectivity index (χ0n) is 12.9. The van der Waals surface area contributed by atoms with Crippen molar-refractivity contribution in [1.82, 2.24) is 15.0 Å². The Balaban J connectivity index is 1.72. The van der Waals surface area contributed by atoms with Gasteiger partial charge in [-0.15, -0.1) is 0 Å². The molecule has 0 saturated carbocycles. The lowest BCUT2D eigenvalue weighted by Gasteiger charge is -2.04. The molecule has 4 rings (SSSR count). The molecular weight excluding hydrogens is 320 g/mol. The molecule has 0 saturated heterocycles. The normalized spacial score (nSPS) is 10.9. The molecule has 0 radical (unpaired) electrons. The highest BCUT2D eigenvalue weighted by Gasteiger charge is 2.16. The summed E-state index contributed by atoms with van der Waals surface area (Å²) in [6.45, 7) is 0. The maximum atomic E-state index is 12.6. The quantitative estimate of drug-likeness (QED) is 0.534. The first-order valence-corrected chi connectivity index (χ1v) is 7.50. The highest BCUT2D eigenvalue weighted by molar-refractivity contribution is 6.11. The van der Waals surface area contributed by atoms with Crippen LogP contribution in [0.5, 0.6) is 0 Å². The number of pyridine rings is 1. The zero-order chi connectivity index (χ0) is 17.4. The van der Waals surface area contributed by atoms with Crippen molar-refractivity contribution in [3.63, 3.8) is 0 Å². The number of anilines is 1. The van der Waals surface area contributed by atoms with Gasteiger partial charge in [-0.1, -0.05) is 30.3 Å². The third-order valence-electron chi connectivity index (χ3n) is 3.86. The Hall–Kier alpha value is -3.74. The fourth-order valence-electron chi connectivity index (χ4n) is 2.73. The van der Waals surface area contributed by atoms with Gasteiger partial charge in [-0.05, 0) is 23.6 Å². The van der Waals surface area contributed by atoms with E-state index in [0.717, 1.165) is 10.8 Å². The number of aromatic nitrogens is 3. The number of aromatic carboxylic acids is 1. The van der Waals surface area contributed by atoms with E-state index in [0.29, 0.717) is 5.52 Å². The van der Waals surface area contributed by atoms with Crippen molar-refractivity contribution in [1.29, 1.82) is 0 Å². The minimum atomic E-state index is -1.08. The van der Waals surface area contributed by atoms with E-state index in [9.17, 15) is 14.7 Å². The van der Waals surface area contributed by atoms with Crippen molar-refractivity contribution >= 4 is 39.6 Å². The Labute approximate surface area is 141 Å². The van der Waals surface area contributed by atoms with Gasteiger partial charge in [0.1, 0.15) is 11.2 Å². The summed E-state index contributed by atoms with van der Waals surface area (Å²) in [5.41, 5.74) is 1.16. The first-order valence-electron chi connectivity index (χ1n) is 7.50. The van der Waals surface area contributed by atoms with Crippen LogP contribution in [0, 0.1) is 0 Å². The molecule has 3 N–H and O–H groups in total. The summed E-state index contributed by atoms with van der Waals surface area (Å²) in [7, 11) is 0. The van der Waals surface area contributed by atoms with E-state index in [-0.39, 0.29) is 22.7 Å². The maximum Gasteiger partial charge on any atom is 0.337 e. The Bertz CT molecular complexity index is 1130. The largest absolute Gasteiger partial charge is 0.478 e. The molecule has 0 atom stereocenters. The maximum absolute atomic E-state index is 12.6. The number of fused-ring (bicyclic) bond motifs is 2. The highest BCUT2D eigenvalue weighted by atomic mass is 16.4. The van der Waals surface area contributed by atoms with Gasteiger partial charge in [0, 0.05) is 11.6 Å². The monoisotopic (exact) mass is 332 g/mol. The lowest BCUT2D eigenvalue weighted by Crippen LogP contribution is -2.15. The third-order valence-corrected chi connectivity index (χ3v) is 3.86. The van der Waals surface area contributed by atoms with Crippen LogP contribution in [0.2, 0.25) is 0 Å². The minimum absolute atomic E-state index is 0.0672. The van der Waals surface area contributed by atoms with Gasteiger partial charge in [0.05, 0.1) is 11.1 Å². The molecule has 25 heavy (non-hydrogen) atoms. The van der Waals surface area contributed by atoms with Gasteiger partial charge in [0.2, 0.25) is 5.95 Å². The van der Waals surface area contributed by atoms with Crippen molar-refractivity contribution < 1.29 is 14.7 Å². The summed E-state index contributed by atoms with van der Waals surface area (Å²) in [6, 6.07) is 14.0. The van der Waals surface area contributed by atoms with Crippen LogP contribution in [-0.4, -0.2) is 31.9 Å². The molecule has 1 amide bonds. The van der Waals surface area contributed by atoms with E-state index < -0.39 is 11.9 Å². The molecule has 122 valence electrons. The number of imidazole rings is 1. The number of aromatic amines is 1. The predicted molar refractivity (Wildman–Crippen MR) is 92.7 cm³/mol. The number of carbonyl (C=O) groups is 2. The number of rotatable bonds is 3. The molecule has 0 spiro atoms. The van der Waals surface area contributed by atoms with Crippen molar-refractivity contribution in [3.8, 4) is 0 Å². The molecule has 0 aliphatic carbocycles. The smallest absolute Gasteiger partial charge is 0.337 e. The van der Waals surface area contributed by atoms with Gasteiger partial charge in [-0.25, -0.2) is 9.78 Å². The number of carboxylic acids is 1. The van der Waals surface area contributed by atoms with Gasteiger partial charge < -0.3 is 10.1 Å². The molecule has 0 fully saturated rings. The first-order chi connectivity index (χ1) is 12.1. The Morgan fingerprint density at radius 1 is 1.04 bits per heavy atom. The summed E-state index contributed by atoms with van der Waals surface area (Å²) in [6.07, 6.45) is 1.57. The molecule has 7 heteroatoms. The second kappa shape index (κ2) is 5.72. The fraction of sp³-hybridized carbons (Fsp3) is 0. The highest BCUT2D eigenvalue weighted by Crippen LogP contribution is 2.20. The molecule has 0 bridgehead atoms. The average molecular weight is 332 g/mol. The second-order valence-corrected chi connectivity index (χ2v) is 5.43. The number of hydrogen-bond donors (Lipinski definition) is 3. The Morgan fingerprint density at radius 2 is 1.88 bits per heavy atom. The molecule has 2 aromatic heterocycles. The molecule has 4 aromatic rings. The number of carbonyl (C=O) groups excluding carboxylic acids is 1. The average Bonchev–Trinajstić information content (AvgIpc) is 3.03. The standard InChI is InChI=1S/C18H12N4O3/c23-16(15-11-5-2-1-4-10(11)8-9-19-15)22-18-20-13-7-3-6-12(17(24)25)14(13)21-18/h1-9H,(H,24,25)(H2,20,21,22,23). The number of hydrogen-bond acceptors (Lipinski definition) is 4. The lowest BCUT2D eigenvalue weighted by molar-refractivity contribution is 0.0698. The summed E-state index contributed by atoms with van der Waals surface area (Å²) < 4.78 is 0. The number of amides is 1. The molecule has 0 aliphatic heterocycles. The number of carboxylic acid groups (broad SMARTS) is 1. The first kappa shape index (κ1) is 14.8. The van der Waals surface area contributed by atoms with Gasteiger partial charge in [0.15, 0.2) is 0 Å². The number of H-pyrrole nitrogens is 1. The van der Waals surface area contributed by atoms with Crippen molar-refractivity contribution in [2.75, 3.05) is 5.32 Å². The van der Waals surface area contributed by atoms with E-state index in [1.807, 2.05) is 30.3 Å². The van der Waals surface area contributed by atoms with Crippen LogP contribution in [-0.2, 0) is 0 Å². The number of benzene rings is 2. The molecule has 0 unspecified atom stereocenters. The number of nitrogens with one attached hydrogen (secondary N) is 2. The van der Waals surface area contributed by atoms with E-state index in [1.165, 1.54) is 6.07 Å². The topological polar surface area (TPSA) is 108 Å². The van der Waals surface area contributed by atoms with Crippen molar-refractivity contribution in [2.24, 2.45) is 0 Å². The van der Waals surface area contributed by atoms with Gasteiger partial charge in [0.25, 0.3) is 5.91 Å². The minimum Gasteiger partial charge on any atom is -0.478 e. The van der Waals surface area contributed by atoms with Gasteiger partial charge >= 0.3 is 5.97 Å². The van der Waals surface area contributed by atoms with Crippen LogP contribution in [0.15, 0.2) is 54.7 Å². The van der Waals surface area contributed by atoms with E-state index in [4.69, 9.17) is 0 Å². The zero-order valence-corrected chi connectivity index (χ0v) is 12.9. The fourth-order valence-corrected chi connectivity index (χ4v) is 2.73. The lowest BCUT2D eigenvalue weighted by atomic mass is 10.1. The van der Waals surface area contributed by atoms with Crippen molar-refractivity contribution in [2.45, 2.75) is 0 Å². The number of nitrogens with zero attached hydrogens (tertiary/aromatic N) is 2. The Kier molecular flexibility index (Phi) is 3.39.